The summed E-state index contributed by atoms with van der Waals surface area (Å²) in [5.74, 6) is 0.0627. The Labute approximate surface area is 115 Å². The van der Waals surface area contributed by atoms with E-state index < -0.39 is 0 Å². The van der Waals surface area contributed by atoms with Gasteiger partial charge in [0.15, 0.2) is 0 Å². The molecule has 1 saturated carbocycles. The van der Waals surface area contributed by atoms with Crippen molar-refractivity contribution in [1.29, 1.82) is 0 Å². The highest BCUT2D eigenvalue weighted by Gasteiger charge is 2.27. The lowest BCUT2D eigenvalue weighted by Crippen LogP contribution is -2.40. The van der Waals surface area contributed by atoms with E-state index in [0.717, 1.165) is 29.5 Å². The van der Waals surface area contributed by atoms with Crippen molar-refractivity contribution in [3.8, 4) is 0 Å². The highest BCUT2D eigenvalue weighted by Crippen LogP contribution is 2.25. The van der Waals surface area contributed by atoms with Gasteiger partial charge < -0.3 is 10.0 Å². The van der Waals surface area contributed by atoms with Crippen molar-refractivity contribution in [2.45, 2.75) is 45.6 Å². The van der Waals surface area contributed by atoms with Crippen molar-refractivity contribution in [3.63, 3.8) is 0 Å². The number of carbonyl (C=O) groups is 1. The molecule has 0 unspecified atom stereocenters. The second kappa shape index (κ2) is 6.20. The molecule has 0 aromatic heterocycles. The first-order valence-corrected chi connectivity index (χ1v) is 7.12. The Hall–Kier alpha value is -1.35. The largest absolute Gasteiger partial charge is 0.395 e. The van der Waals surface area contributed by atoms with Crippen LogP contribution >= 0.6 is 0 Å². The third-order valence-electron chi connectivity index (χ3n) is 3.84. The molecule has 0 atom stereocenters. The van der Waals surface area contributed by atoms with Gasteiger partial charge in [0.25, 0.3) is 5.91 Å². The lowest BCUT2D eigenvalue weighted by Gasteiger charge is -2.28. The van der Waals surface area contributed by atoms with Gasteiger partial charge in [-0.1, -0.05) is 30.0 Å². The smallest absolute Gasteiger partial charge is 0.254 e. The van der Waals surface area contributed by atoms with Crippen LogP contribution in [0.2, 0.25) is 0 Å². The number of hydrogen-bond acceptors (Lipinski definition) is 2. The molecule has 0 radical (unpaired) electrons. The quantitative estimate of drug-likeness (QED) is 0.905. The summed E-state index contributed by atoms with van der Waals surface area (Å²) in [7, 11) is 0. The van der Waals surface area contributed by atoms with Gasteiger partial charge in [0.2, 0.25) is 0 Å². The minimum atomic E-state index is 0.0348. The van der Waals surface area contributed by atoms with Gasteiger partial charge in [-0.3, -0.25) is 4.79 Å². The van der Waals surface area contributed by atoms with Crippen LogP contribution in [0.4, 0.5) is 0 Å². The Morgan fingerprint density at radius 3 is 2.32 bits per heavy atom. The summed E-state index contributed by atoms with van der Waals surface area (Å²) in [5.41, 5.74) is 2.97. The molecule has 1 aromatic rings. The third kappa shape index (κ3) is 3.35. The Bertz CT molecular complexity index is 430. The summed E-state index contributed by atoms with van der Waals surface area (Å²) in [4.78, 5) is 14.5. The van der Waals surface area contributed by atoms with E-state index in [1.807, 2.05) is 30.9 Å². The van der Waals surface area contributed by atoms with Crippen LogP contribution < -0.4 is 0 Å². The van der Waals surface area contributed by atoms with Crippen molar-refractivity contribution in [3.05, 3.63) is 34.9 Å². The standard InChI is InChI=1S/C16H23NO2/c1-12-9-13(2)11-14(10-12)16(19)17(7-8-18)15-5-3-4-6-15/h9-11,15,18H,3-8H2,1-2H3. The average molecular weight is 261 g/mol. The van der Waals surface area contributed by atoms with Crippen LogP contribution in [0.1, 0.15) is 47.2 Å². The molecule has 3 nitrogen and oxygen atoms in total. The molecule has 0 spiro atoms. The van der Waals surface area contributed by atoms with E-state index >= 15 is 0 Å². The zero-order chi connectivity index (χ0) is 13.8. The molecule has 0 aliphatic heterocycles. The molecule has 3 heteroatoms. The molecular formula is C16H23NO2. The number of aliphatic hydroxyl groups excluding tert-OH is 1. The third-order valence-corrected chi connectivity index (χ3v) is 3.84. The van der Waals surface area contributed by atoms with E-state index in [-0.39, 0.29) is 12.5 Å². The lowest BCUT2D eigenvalue weighted by molar-refractivity contribution is 0.0638. The van der Waals surface area contributed by atoms with Gasteiger partial charge in [-0.15, -0.1) is 0 Å². The van der Waals surface area contributed by atoms with Crippen LogP contribution in [-0.4, -0.2) is 35.1 Å². The van der Waals surface area contributed by atoms with E-state index in [1.54, 1.807) is 0 Å². The zero-order valence-corrected chi connectivity index (χ0v) is 11.9. The van der Waals surface area contributed by atoms with Crippen molar-refractivity contribution < 1.29 is 9.90 Å². The molecule has 0 bridgehead atoms. The van der Waals surface area contributed by atoms with Crippen molar-refractivity contribution >= 4 is 5.91 Å². The highest BCUT2D eigenvalue weighted by molar-refractivity contribution is 5.94. The summed E-state index contributed by atoms with van der Waals surface area (Å²) in [6.07, 6.45) is 4.51. The van der Waals surface area contributed by atoms with E-state index in [4.69, 9.17) is 0 Å². The number of nitrogens with zero attached hydrogens (tertiary/aromatic N) is 1. The van der Waals surface area contributed by atoms with Crippen LogP contribution in [0.15, 0.2) is 18.2 Å². The maximum Gasteiger partial charge on any atom is 0.254 e. The number of carbonyl (C=O) groups excluding carboxylic acids is 1. The summed E-state index contributed by atoms with van der Waals surface area (Å²) in [5, 5.41) is 9.21. The van der Waals surface area contributed by atoms with Gasteiger partial charge in [-0.05, 0) is 38.8 Å². The SMILES string of the molecule is Cc1cc(C)cc(C(=O)N(CCO)C2CCCC2)c1. The second-order valence-electron chi connectivity index (χ2n) is 5.54. The summed E-state index contributed by atoms with van der Waals surface area (Å²) < 4.78 is 0. The number of rotatable bonds is 4. The van der Waals surface area contributed by atoms with E-state index in [1.165, 1.54) is 12.8 Å². The van der Waals surface area contributed by atoms with Gasteiger partial charge in [-0.2, -0.15) is 0 Å². The lowest BCUT2D eigenvalue weighted by atomic mass is 10.1. The maximum atomic E-state index is 12.6. The predicted octanol–water partition coefficient (Wildman–Crippen LogP) is 2.68. The van der Waals surface area contributed by atoms with Crippen LogP contribution in [0.25, 0.3) is 0 Å². The molecule has 19 heavy (non-hydrogen) atoms. The average Bonchev–Trinajstić information content (AvgIpc) is 2.87. The Morgan fingerprint density at radius 2 is 1.79 bits per heavy atom. The molecule has 1 amide bonds. The van der Waals surface area contributed by atoms with Crippen molar-refractivity contribution in [1.82, 2.24) is 4.90 Å². The van der Waals surface area contributed by atoms with Crippen molar-refractivity contribution in [2.24, 2.45) is 0 Å². The number of benzene rings is 1. The number of hydrogen-bond donors (Lipinski definition) is 1. The van der Waals surface area contributed by atoms with Gasteiger partial charge in [0.1, 0.15) is 0 Å². The van der Waals surface area contributed by atoms with Crippen LogP contribution in [0, 0.1) is 13.8 Å². The topological polar surface area (TPSA) is 40.5 Å². The molecule has 1 N–H and O–H groups in total. The van der Waals surface area contributed by atoms with Gasteiger partial charge in [0.05, 0.1) is 6.61 Å². The fourth-order valence-corrected chi connectivity index (χ4v) is 3.04. The minimum absolute atomic E-state index is 0.0348. The van der Waals surface area contributed by atoms with Gasteiger partial charge in [-0.25, -0.2) is 0 Å². The van der Waals surface area contributed by atoms with Gasteiger partial charge >= 0.3 is 0 Å². The fraction of sp³-hybridized carbons (Fsp3) is 0.562. The van der Waals surface area contributed by atoms with Gasteiger partial charge in [0, 0.05) is 18.2 Å². The second-order valence-corrected chi connectivity index (χ2v) is 5.54. The minimum Gasteiger partial charge on any atom is -0.395 e. The van der Waals surface area contributed by atoms with E-state index in [0.29, 0.717) is 12.6 Å². The first-order chi connectivity index (χ1) is 9.11. The normalized spacial score (nSPS) is 15.7. The fourth-order valence-electron chi connectivity index (χ4n) is 3.04. The number of aliphatic hydroxyl groups is 1. The molecule has 1 fully saturated rings. The monoisotopic (exact) mass is 261 g/mol. The molecule has 104 valence electrons. The molecular weight excluding hydrogens is 238 g/mol. The number of aryl methyl sites for hydroxylation is 2. The predicted molar refractivity (Wildman–Crippen MR) is 76.3 cm³/mol. The van der Waals surface area contributed by atoms with Crippen LogP contribution in [0.5, 0.6) is 0 Å². The molecule has 0 saturated heterocycles. The Kier molecular flexibility index (Phi) is 4.59. The van der Waals surface area contributed by atoms with E-state index in [2.05, 4.69) is 6.07 Å². The van der Waals surface area contributed by atoms with Crippen molar-refractivity contribution in [2.75, 3.05) is 13.2 Å². The van der Waals surface area contributed by atoms with Crippen LogP contribution in [-0.2, 0) is 0 Å². The maximum absolute atomic E-state index is 12.6. The molecule has 2 rings (SSSR count). The Morgan fingerprint density at radius 1 is 1.21 bits per heavy atom. The van der Waals surface area contributed by atoms with Crippen LogP contribution in [0.3, 0.4) is 0 Å². The first-order valence-electron chi connectivity index (χ1n) is 7.12. The molecule has 0 heterocycles. The van der Waals surface area contributed by atoms with E-state index in [9.17, 15) is 9.90 Å². The zero-order valence-electron chi connectivity index (χ0n) is 11.9. The molecule has 1 aliphatic carbocycles. The Balaban J connectivity index is 2.22. The first kappa shape index (κ1) is 14.1. The number of amides is 1. The summed E-state index contributed by atoms with van der Waals surface area (Å²) >= 11 is 0. The molecule has 1 aliphatic rings. The summed E-state index contributed by atoms with van der Waals surface area (Å²) in [6, 6.07) is 6.26. The molecule has 1 aromatic carbocycles. The summed E-state index contributed by atoms with van der Waals surface area (Å²) in [6.45, 7) is 4.50. The highest BCUT2D eigenvalue weighted by atomic mass is 16.3.